The molecule has 160 valence electrons. The molecule has 0 amide bonds. The van der Waals surface area contributed by atoms with Gasteiger partial charge in [-0.25, -0.2) is 9.37 Å². The third-order valence-corrected chi connectivity index (χ3v) is 5.75. The van der Waals surface area contributed by atoms with Crippen LogP contribution in [0.1, 0.15) is 32.1 Å². The molecule has 0 unspecified atom stereocenters. The van der Waals surface area contributed by atoms with E-state index in [-0.39, 0.29) is 23.4 Å². The van der Waals surface area contributed by atoms with E-state index in [0.717, 1.165) is 25.9 Å². The first-order valence-electron chi connectivity index (χ1n) is 10.4. The average molecular weight is 415 g/mol. The van der Waals surface area contributed by atoms with Crippen molar-refractivity contribution in [1.29, 1.82) is 0 Å². The highest BCUT2D eigenvalue weighted by Crippen LogP contribution is 2.32. The highest BCUT2D eigenvalue weighted by molar-refractivity contribution is 5.69. The molecule has 2 N–H and O–H groups in total. The van der Waals surface area contributed by atoms with E-state index in [1.807, 2.05) is 9.80 Å². The number of piperidine rings is 2. The number of hydrogen-bond donors (Lipinski definition) is 2. The molecule has 2 aliphatic heterocycles. The molecule has 2 saturated heterocycles. The molecular weight excluding hydrogens is 389 g/mol. The van der Waals surface area contributed by atoms with Crippen LogP contribution in [0, 0.1) is 15.9 Å². The number of halogens is 1. The Kier molecular flexibility index (Phi) is 5.98. The van der Waals surface area contributed by atoms with Gasteiger partial charge in [0, 0.05) is 37.9 Å². The fourth-order valence-electron chi connectivity index (χ4n) is 4.06. The Morgan fingerprint density at radius 3 is 2.47 bits per heavy atom. The van der Waals surface area contributed by atoms with Gasteiger partial charge in [-0.1, -0.05) is 0 Å². The summed E-state index contributed by atoms with van der Waals surface area (Å²) in [4.78, 5) is 19.4. The van der Waals surface area contributed by atoms with Gasteiger partial charge in [0.2, 0.25) is 5.82 Å². The molecule has 0 atom stereocenters. The summed E-state index contributed by atoms with van der Waals surface area (Å²) in [5.41, 5.74) is 0.801. The number of hydrogen-bond acceptors (Lipinski definition) is 7. The predicted molar refractivity (Wildman–Crippen MR) is 114 cm³/mol. The largest absolute Gasteiger partial charge is 0.393 e. The third kappa shape index (κ3) is 4.46. The molecule has 1 aromatic carbocycles. The minimum atomic E-state index is -0.502. The zero-order chi connectivity index (χ0) is 21.1. The summed E-state index contributed by atoms with van der Waals surface area (Å²) in [6.45, 7) is 2.93. The van der Waals surface area contributed by atoms with Crippen molar-refractivity contribution in [2.45, 2.75) is 38.2 Å². The van der Waals surface area contributed by atoms with E-state index in [4.69, 9.17) is 0 Å². The normalized spacial score (nSPS) is 17.8. The Morgan fingerprint density at radius 1 is 1.07 bits per heavy atom. The van der Waals surface area contributed by atoms with Crippen molar-refractivity contribution in [3.63, 3.8) is 0 Å². The van der Waals surface area contributed by atoms with Crippen LogP contribution in [0.25, 0.3) is 0 Å². The maximum Gasteiger partial charge on any atom is 0.311 e. The maximum absolute atomic E-state index is 14.7. The standard InChI is InChI=1S/C21H26FN5O3/c22-17-14-15(4-5-18(17)25-10-2-1-3-11-25)23-21-19(27(29)30)6-7-20(24-21)26-12-8-16(28)9-13-26/h4-7,14,16,28H,1-3,8-13H2,(H,23,24). The van der Waals surface area contributed by atoms with Gasteiger partial charge < -0.3 is 20.2 Å². The van der Waals surface area contributed by atoms with Gasteiger partial charge in [-0.2, -0.15) is 0 Å². The Labute approximate surface area is 174 Å². The minimum Gasteiger partial charge on any atom is -0.393 e. The van der Waals surface area contributed by atoms with Crippen molar-refractivity contribution in [2.24, 2.45) is 0 Å². The maximum atomic E-state index is 14.7. The van der Waals surface area contributed by atoms with E-state index in [9.17, 15) is 19.6 Å². The summed E-state index contributed by atoms with van der Waals surface area (Å²) < 4.78 is 14.7. The van der Waals surface area contributed by atoms with Gasteiger partial charge in [-0.15, -0.1) is 0 Å². The third-order valence-electron chi connectivity index (χ3n) is 5.75. The van der Waals surface area contributed by atoms with Crippen LogP contribution < -0.4 is 15.1 Å². The highest BCUT2D eigenvalue weighted by atomic mass is 19.1. The Hall–Kier alpha value is -2.94. The van der Waals surface area contributed by atoms with Crippen LogP contribution in [-0.4, -0.2) is 47.3 Å². The Morgan fingerprint density at radius 2 is 1.80 bits per heavy atom. The van der Waals surface area contributed by atoms with Gasteiger partial charge in [-0.05, 0) is 56.4 Å². The summed E-state index contributed by atoms with van der Waals surface area (Å²) in [5.74, 6) is 0.319. The number of benzene rings is 1. The molecule has 8 nitrogen and oxygen atoms in total. The van der Waals surface area contributed by atoms with E-state index in [2.05, 4.69) is 10.3 Å². The lowest BCUT2D eigenvalue weighted by molar-refractivity contribution is -0.384. The molecule has 30 heavy (non-hydrogen) atoms. The summed E-state index contributed by atoms with van der Waals surface area (Å²) in [7, 11) is 0. The average Bonchev–Trinajstić information content (AvgIpc) is 2.75. The second-order valence-corrected chi connectivity index (χ2v) is 7.85. The molecule has 4 rings (SSSR count). The minimum absolute atomic E-state index is 0.0775. The van der Waals surface area contributed by atoms with Crippen LogP contribution in [0.4, 0.5) is 33.1 Å². The van der Waals surface area contributed by atoms with Gasteiger partial charge in [-0.3, -0.25) is 10.1 Å². The van der Waals surface area contributed by atoms with Gasteiger partial charge in [0.1, 0.15) is 11.6 Å². The van der Waals surface area contributed by atoms with Gasteiger partial charge in [0.15, 0.2) is 0 Å². The smallest absolute Gasteiger partial charge is 0.311 e. The van der Waals surface area contributed by atoms with Crippen molar-refractivity contribution >= 4 is 28.7 Å². The molecule has 1 aromatic heterocycles. The molecule has 0 aliphatic carbocycles. The zero-order valence-electron chi connectivity index (χ0n) is 16.8. The lowest BCUT2D eigenvalue weighted by Crippen LogP contribution is -2.36. The molecule has 0 spiro atoms. The van der Waals surface area contributed by atoms with E-state index in [1.165, 1.54) is 18.6 Å². The molecule has 2 aromatic rings. The SMILES string of the molecule is O=[N+]([O-])c1ccc(N2CCC(O)CC2)nc1Nc1ccc(N2CCCCC2)c(F)c1. The molecule has 0 radical (unpaired) electrons. The van der Waals surface area contributed by atoms with Gasteiger partial charge in [0.05, 0.1) is 16.7 Å². The van der Waals surface area contributed by atoms with E-state index in [1.54, 1.807) is 18.2 Å². The number of nitro groups is 1. The number of aliphatic hydroxyl groups is 1. The topological polar surface area (TPSA) is 94.8 Å². The van der Waals surface area contributed by atoms with E-state index >= 15 is 0 Å². The fraction of sp³-hybridized carbons (Fsp3) is 0.476. The number of rotatable bonds is 5. The lowest BCUT2D eigenvalue weighted by Gasteiger charge is -2.30. The highest BCUT2D eigenvalue weighted by Gasteiger charge is 2.23. The molecule has 0 saturated carbocycles. The zero-order valence-corrected chi connectivity index (χ0v) is 16.8. The van der Waals surface area contributed by atoms with Crippen LogP contribution in [0.5, 0.6) is 0 Å². The monoisotopic (exact) mass is 415 g/mol. The molecular formula is C21H26FN5O3. The summed E-state index contributed by atoms with van der Waals surface area (Å²) in [6.07, 6.45) is 4.21. The van der Waals surface area contributed by atoms with Crippen molar-refractivity contribution in [2.75, 3.05) is 41.3 Å². The first-order chi connectivity index (χ1) is 14.5. The van der Waals surface area contributed by atoms with Crippen LogP contribution in [0.2, 0.25) is 0 Å². The van der Waals surface area contributed by atoms with Gasteiger partial charge in [0.25, 0.3) is 0 Å². The van der Waals surface area contributed by atoms with Crippen molar-refractivity contribution in [3.8, 4) is 0 Å². The fourth-order valence-corrected chi connectivity index (χ4v) is 4.06. The van der Waals surface area contributed by atoms with Crippen molar-refractivity contribution < 1.29 is 14.4 Å². The first kappa shape index (κ1) is 20.3. The van der Waals surface area contributed by atoms with Crippen molar-refractivity contribution in [1.82, 2.24) is 4.98 Å². The number of aromatic nitrogens is 1. The van der Waals surface area contributed by atoms with E-state index in [0.29, 0.717) is 43.1 Å². The quantitative estimate of drug-likeness (QED) is 0.566. The molecule has 2 fully saturated rings. The van der Waals surface area contributed by atoms with Crippen LogP contribution in [-0.2, 0) is 0 Å². The first-order valence-corrected chi connectivity index (χ1v) is 10.4. The molecule has 2 aliphatic rings. The second kappa shape index (κ2) is 8.83. The predicted octanol–water partition coefficient (Wildman–Crippen LogP) is 3.82. The van der Waals surface area contributed by atoms with Crippen LogP contribution in [0.3, 0.4) is 0 Å². The van der Waals surface area contributed by atoms with E-state index < -0.39 is 4.92 Å². The summed E-state index contributed by atoms with van der Waals surface area (Å²) in [5, 5.41) is 24.1. The van der Waals surface area contributed by atoms with Gasteiger partial charge >= 0.3 is 5.69 Å². The number of nitrogens with zero attached hydrogens (tertiary/aromatic N) is 4. The number of nitrogens with one attached hydrogen (secondary N) is 1. The molecule has 0 bridgehead atoms. The van der Waals surface area contributed by atoms with Crippen LogP contribution in [0.15, 0.2) is 30.3 Å². The summed E-state index contributed by atoms with van der Waals surface area (Å²) >= 11 is 0. The summed E-state index contributed by atoms with van der Waals surface area (Å²) in [6, 6.07) is 7.82. The number of pyridine rings is 1. The Bertz CT molecular complexity index is 912. The molecule has 9 heteroatoms. The van der Waals surface area contributed by atoms with Crippen molar-refractivity contribution in [3.05, 3.63) is 46.3 Å². The number of anilines is 4. The molecule has 3 heterocycles. The van der Waals surface area contributed by atoms with Crippen LogP contribution >= 0.6 is 0 Å². The lowest BCUT2D eigenvalue weighted by atomic mass is 10.1. The number of aliphatic hydroxyl groups excluding tert-OH is 1. The Balaban J connectivity index is 1.57. The second-order valence-electron chi connectivity index (χ2n) is 7.85.